The highest BCUT2D eigenvalue weighted by Gasteiger charge is 2.26. The second kappa shape index (κ2) is 2.69. The van der Waals surface area contributed by atoms with Crippen LogP contribution in [0, 0.1) is 0 Å². The fraction of sp³-hybridized carbons (Fsp3) is 0.625. The molecule has 0 saturated heterocycles. The lowest BCUT2D eigenvalue weighted by Crippen LogP contribution is -2.16. The Morgan fingerprint density at radius 2 is 2.17 bits per heavy atom. The van der Waals surface area contributed by atoms with Crippen LogP contribution >= 0.6 is 0 Å². The van der Waals surface area contributed by atoms with E-state index in [1.54, 1.807) is 6.08 Å². The lowest BCUT2D eigenvalue weighted by molar-refractivity contribution is 0.575. The molecule has 0 radical (unpaired) electrons. The quantitative estimate of drug-likeness (QED) is 0.618. The van der Waals surface area contributed by atoms with Crippen LogP contribution in [0.1, 0.15) is 20.3 Å². The fourth-order valence-electron chi connectivity index (χ4n) is 0.980. The molecule has 12 heavy (non-hydrogen) atoms. The Labute approximate surface area is 73.1 Å². The van der Waals surface area contributed by atoms with Crippen LogP contribution in [0.4, 0.5) is 0 Å². The molecule has 0 aromatic carbocycles. The van der Waals surface area contributed by atoms with Crippen LogP contribution in [0.2, 0.25) is 0 Å². The molecule has 3 nitrogen and oxygen atoms in total. The average molecular weight is 187 g/mol. The fourth-order valence-corrected chi connectivity index (χ4v) is 1.67. The lowest BCUT2D eigenvalue weighted by Gasteiger charge is -2.14. The van der Waals surface area contributed by atoms with Gasteiger partial charge in [-0.05, 0) is 19.4 Å². The van der Waals surface area contributed by atoms with E-state index in [1.807, 2.05) is 19.9 Å². The zero-order chi connectivity index (χ0) is 9.41. The van der Waals surface area contributed by atoms with Crippen LogP contribution in [0.3, 0.4) is 0 Å². The number of rotatable bonds is 1. The molecule has 0 N–H and O–H groups in total. The van der Waals surface area contributed by atoms with Crippen molar-refractivity contribution in [2.45, 2.75) is 25.8 Å². The van der Waals surface area contributed by atoms with Gasteiger partial charge in [-0.3, -0.25) is 4.99 Å². The maximum absolute atomic E-state index is 11.1. The summed E-state index contributed by atoms with van der Waals surface area (Å²) in [6, 6.07) is 0. The van der Waals surface area contributed by atoms with Gasteiger partial charge in [0.2, 0.25) is 0 Å². The molecule has 0 amide bonds. The highest BCUT2D eigenvalue weighted by Crippen LogP contribution is 2.23. The normalized spacial score (nSPS) is 29.1. The molecule has 0 spiro atoms. The summed E-state index contributed by atoms with van der Waals surface area (Å²) < 4.78 is 22.1. The van der Waals surface area contributed by atoms with Crippen molar-refractivity contribution in [1.82, 2.24) is 0 Å². The molecule has 1 atom stereocenters. The summed E-state index contributed by atoms with van der Waals surface area (Å²) in [5.41, 5.74) is -0.307. The van der Waals surface area contributed by atoms with Gasteiger partial charge in [-0.15, -0.1) is 0 Å². The van der Waals surface area contributed by atoms with Crippen molar-refractivity contribution in [3.63, 3.8) is 0 Å². The minimum Gasteiger partial charge on any atom is -0.263 e. The van der Waals surface area contributed by atoms with Gasteiger partial charge < -0.3 is 0 Å². The maximum Gasteiger partial charge on any atom is 0.192 e. The topological polar surface area (TPSA) is 46.5 Å². The Balaban J connectivity index is 3.04. The predicted octanol–water partition coefficient (Wildman–Crippen LogP) is 1.17. The Hall–Kier alpha value is -0.640. The first-order valence-electron chi connectivity index (χ1n) is 3.86. The van der Waals surface area contributed by atoms with E-state index in [0.29, 0.717) is 0 Å². The molecule has 0 aliphatic carbocycles. The van der Waals surface area contributed by atoms with Crippen molar-refractivity contribution in [2.75, 3.05) is 6.26 Å². The van der Waals surface area contributed by atoms with Crippen molar-refractivity contribution in [3.05, 3.63) is 12.2 Å². The molecule has 1 aliphatic rings. The molecule has 0 bridgehead atoms. The molecule has 1 unspecified atom stereocenters. The van der Waals surface area contributed by atoms with Gasteiger partial charge in [0.25, 0.3) is 0 Å². The number of sulfone groups is 1. The van der Waals surface area contributed by atoms with Crippen LogP contribution < -0.4 is 0 Å². The van der Waals surface area contributed by atoms with E-state index in [4.69, 9.17) is 0 Å². The molecule has 0 saturated carbocycles. The van der Waals surface area contributed by atoms with E-state index in [0.717, 1.165) is 6.42 Å². The predicted molar refractivity (Wildman–Crippen MR) is 50.1 cm³/mol. The van der Waals surface area contributed by atoms with Gasteiger partial charge in [-0.1, -0.05) is 13.0 Å². The monoisotopic (exact) mass is 187 g/mol. The zero-order valence-electron chi connectivity index (χ0n) is 7.53. The third kappa shape index (κ3) is 1.75. The number of nitrogens with zero attached hydrogens (tertiary/aromatic N) is 1. The van der Waals surface area contributed by atoms with Gasteiger partial charge in [0, 0.05) is 6.26 Å². The molecule has 0 fully saturated rings. The summed E-state index contributed by atoms with van der Waals surface area (Å²) in [5.74, 6) is 0. The van der Waals surface area contributed by atoms with Crippen molar-refractivity contribution in [1.29, 1.82) is 0 Å². The Kier molecular flexibility index (Phi) is 2.12. The highest BCUT2D eigenvalue weighted by atomic mass is 32.2. The zero-order valence-corrected chi connectivity index (χ0v) is 8.35. The number of hydrogen-bond acceptors (Lipinski definition) is 3. The SMILES string of the molecule is CCC1(C)C=CC(S(C)(=O)=O)=N1. The lowest BCUT2D eigenvalue weighted by atomic mass is 10.0. The van der Waals surface area contributed by atoms with E-state index in [9.17, 15) is 8.42 Å². The summed E-state index contributed by atoms with van der Waals surface area (Å²) in [7, 11) is -3.12. The van der Waals surface area contributed by atoms with Gasteiger partial charge in [0.15, 0.2) is 9.84 Å². The molecule has 1 heterocycles. The Morgan fingerprint density at radius 1 is 1.58 bits per heavy atom. The third-order valence-electron chi connectivity index (χ3n) is 2.05. The van der Waals surface area contributed by atoms with E-state index < -0.39 is 9.84 Å². The van der Waals surface area contributed by atoms with Crippen molar-refractivity contribution >= 4 is 14.9 Å². The molecule has 0 aromatic heterocycles. The second-order valence-corrected chi connectivity index (χ2v) is 5.23. The molecule has 68 valence electrons. The van der Waals surface area contributed by atoms with E-state index >= 15 is 0 Å². The highest BCUT2D eigenvalue weighted by molar-refractivity contribution is 8.06. The minimum atomic E-state index is -3.12. The first-order valence-corrected chi connectivity index (χ1v) is 5.76. The first kappa shape index (κ1) is 9.45. The van der Waals surface area contributed by atoms with Crippen LogP contribution in [0.25, 0.3) is 0 Å². The molecule has 4 heteroatoms. The van der Waals surface area contributed by atoms with Gasteiger partial charge in [-0.25, -0.2) is 8.42 Å². The van der Waals surface area contributed by atoms with Crippen molar-refractivity contribution in [2.24, 2.45) is 4.99 Å². The summed E-state index contributed by atoms with van der Waals surface area (Å²) in [4.78, 5) is 4.13. The molecular formula is C8H13NO2S. The van der Waals surface area contributed by atoms with Crippen LogP contribution in [-0.2, 0) is 9.84 Å². The van der Waals surface area contributed by atoms with E-state index in [1.165, 1.54) is 6.26 Å². The van der Waals surface area contributed by atoms with E-state index in [2.05, 4.69) is 4.99 Å². The third-order valence-corrected chi connectivity index (χ3v) is 3.03. The summed E-state index contributed by atoms with van der Waals surface area (Å²) in [6.07, 6.45) is 5.42. The largest absolute Gasteiger partial charge is 0.263 e. The van der Waals surface area contributed by atoms with Crippen LogP contribution in [0.15, 0.2) is 17.1 Å². The number of hydrogen-bond donors (Lipinski definition) is 0. The van der Waals surface area contributed by atoms with Crippen molar-refractivity contribution in [3.8, 4) is 0 Å². The Bertz CT molecular complexity index is 340. The van der Waals surface area contributed by atoms with Gasteiger partial charge in [-0.2, -0.15) is 0 Å². The maximum atomic E-state index is 11.1. The van der Waals surface area contributed by atoms with Gasteiger partial charge in [0.05, 0.1) is 5.54 Å². The second-order valence-electron chi connectivity index (χ2n) is 3.27. The standard InChI is InChI=1S/C8H13NO2S/c1-4-8(2)6-5-7(9-8)12(3,10)11/h5-6H,4H2,1-3H3. The Morgan fingerprint density at radius 3 is 2.42 bits per heavy atom. The smallest absolute Gasteiger partial charge is 0.192 e. The average Bonchev–Trinajstić information content (AvgIpc) is 2.32. The molecule has 0 aromatic rings. The van der Waals surface area contributed by atoms with Crippen LogP contribution in [-0.4, -0.2) is 25.3 Å². The summed E-state index contributed by atoms with van der Waals surface area (Å²) in [5, 5.41) is 0.201. The molecule has 1 rings (SSSR count). The van der Waals surface area contributed by atoms with Crippen molar-refractivity contribution < 1.29 is 8.42 Å². The summed E-state index contributed by atoms with van der Waals surface area (Å²) >= 11 is 0. The number of aliphatic imine (C=N–C) groups is 1. The van der Waals surface area contributed by atoms with Gasteiger partial charge >= 0.3 is 0 Å². The minimum absolute atomic E-state index is 0.201. The van der Waals surface area contributed by atoms with Gasteiger partial charge in [0.1, 0.15) is 5.04 Å². The molecular weight excluding hydrogens is 174 g/mol. The van der Waals surface area contributed by atoms with Crippen LogP contribution in [0.5, 0.6) is 0 Å². The molecule has 1 aliphatic heterocycles. The summed E-state index contributed by atoms with van der Waals surface area (Å²) in [6.45, 7) is 3.90. The first-order chi connectivity index (χ1) is 5.37. The van der Waals surface area contributed by atoms with E-state index in [-0.39, 0.29) is 10.6 Å².